The van der Waals surface area contributed by atoms with Crippen molar-refractivity contribution in [2.24, 2.45) is 0 Å². The van der Waals surface area contributed by atoms with Crippen molar-refractivity contribution < 1.29 is 24.2 Å². The van der Waals surface area contributed by atoms with Crippen LogP contribution in [-0.2, 0) is 25.7 Å². The summed E-state index contributed by atoms with van der Waals surface area (Å²) in [5.41, 5.74) is -0.975. The lowest BCUT2D eigenvalue weighted by atomic mass is 9.97. The second kappa shape index (κ2) is 6.89. The minimum Gasteiger partial charge on any atom is -0.467 e. The quantitative estimate of drug-likeness (QED) is 0.789. The van der Waals surface area contributed by atoms with Gasteiger partial charge in [-0.3, -0.25) is 4.79 Å². The van der Waals surface area contributed by atoms with Crippen molar-refractivity contribution in [1.29, 1.82) is 0 Å². The minimum absolute atomic E-state index is 0.0834. The van der Waals surface area contributed by atoms with Gasteiger partial charge >= 0.3 is 11.9 Å². The van der Waals surface area contributed by atoms with Crippen molar-refractivity contribution in [3.63, 3.8) is 0 Å². The number of ether oxygens (including phenoxy) is 2. The molecule has 0 aliphatic heterocycles. The summed E-state index contributed by atoms with van der Waals surface area (Å²) in [5.74, 6) is -1.47. The number of carbonyl (C=O) groups excluding carboxylic acids is 2. The van der Waals surface area contributed by atoms with E-state index < -0.39 is 24.0 Å². The molecular weight excluding hydrogens is 248 g/mol. The van der Waals surface area contributed by atoms with Crippen LogP contribution >= 0.6 is 0 Å². The predicted octanol–water partition coefficient (Wildman–Crippen LogP) is 1.43. The summed E-state index contributed by atoms with van der Waals surface area (Å²) in [7, 11) is 1.16. The molecule has 0 aliphatic rings. The fourth-order valence-corrected chi connectivity index (χ4v) is 1.56. The van der Waals surface area contributed by atoms with E-state index in [0.717, 1.165) is 12.7 Å². The Kier molecular flexibility index (Phi) is 5.51. The first kappa shape index (κ1) is 15.2. The van der Waals surface area contributed by atoms with Crippen LogP contribution in [0.3, 0.4) is 0 Å². The molecule has 1 aromatic carbocycles. The standard InChI is InChI=1S/C14H18O5/c1-3-14(17,13(16)18-2)9-12(15)19-10-11-7-5-4-6-8-11/h4-8,17H,3,9-10H2,1-2H3/t14-/m1/s1. The first-order valence-corrected chi connectivity index (χ1v) is 6.02. The van der Waals surface area contributed by atoms with E-state index in [1.807, 2.05) is 30.3 Å². The van der Waals surface area contributed by atoms with E-state index in [0.29, 0.717) is 0 Å². The van der Waals surface area contributed by atoms with Crippen LogP contribution in [0.25, 0.3) is 0 Å². The summed E-state index contributed by atoms with van der Waals surface area (Å²) in [4.78, 5) is 23.0. The van der Waals surface area contributed by atoms with Gasteiger partial charge in [-0.15, -0.1) is 0 Å². The van der Waals surface area contributed by atoms with E-state index in [2.05, 4.69) is 4.74 Å². The molecule has 0 amide bonds. The molecule has 0 fully saturated rings. The highest BCUT2D eigenvalue weighted by Gasteiger charge is 2.38. The van der Waals surface area contributed by atoms with E-state index in [-0.39, 0.29) is 13.0 Å². The molecule has 0 spiro atoms. The zero-order valence-corrected chi connectivity index (χ0v) is 11.1. The number of benzene rings is 1. The van der Waals surface area contributed by atoms with Gasteiger partial charge in [-0.1, -0.05) is 37.3 Å². The van der Waals surface area contributed by atoms with Crippen molar-refractivity contribution >= 4 is 11.9 Å². The molecule has 19 heavy (non-hydrogen) atoms. The summed E-state index contributed by atoms with van der Waals surface area (Å²) in [5, 5.41) is 9.98. The van der Waals surface area contributed by atoms with Crippen LogP contribution < -0.4 is 0 Å². The Balaban J connectivity index is 2.52. The Bertz CT molecular complexity index is 429. The lowest BCUT2D eigenvalue weighted by Crippen LogP contribution is -2.41. The Morgan fingerprint density at radius 3 is 2.42 bits per heavy atom. The SMILES string of the molecule is CC[C@@](O)(CC(=O)OCc1ccccc1)C(=O)OC. The third kappa shape index (κ3) is 4.37. The molecule has 0 saturated carbocycles. The van der Waals surface area contributed by atoms with Gasteiger partial charge in [0.05, 0.1) is 13.5 Å². The highest BCUT2D eigenvalue weighted by Crippen LogP contribution is 2.18. The molecule has 1 N–H and O–H groups in total. The average Bonchev–Trinajstić information content (AvgIpc) is 2.45. The molecule has 0 heterocycles. The van der Waals surface area contributed by atoms with E-state index in [1.54, 1.807) is 6.92 Å². The molecule has 1 atom stereocenters. The number of methoxy groups -OCH3 is 1. The zero-order chi connectivity index (χ0) is 14.3. The smallest absolute Gasteiger partial charge is 0.338 e. The number of carbonyl (C=O) groups is 2. The number of hydrogen-bond donors (Lipinski definition) is 1. The topological polar surface area (TPSA) is 72.8 Å². The minimum atomic E-state index is -1.82. The fraction of sp³-hybridized carbons (Fsp3) is 0.429. The molecule has 0 radical (unpaired) electrons. The molecule has 5 heteroatoms. The number of esters is 2. The third-order valence-electron chi connectivity index (χ3n) is 2.83. The van der Waals surface area contributed by atoms with Crippen LogP contribution in [0.2, 0.25) is 0 Å². The summed E-state index contributed by atoms with van der Waals surface area (Å²) in [6.07, 6.45) is -0.330. The van der Waals surface area contributed by atoms with Gasteiger partial charge in [0.15, 0.2) is 5.60 Å². The van der Waals surface area contributed by atoms with Crippen LogP contribution in [0.4, 0.5) is 0 Å². The first-order chi connectivity index (χ1) is 9.01. The zero-order valence-electron chi connectivity index (χ0n) is 11.1. The maximum absolute atomic E-state index is 11.6. The number of aliphatic hydroxyl groups is 1. The van der Waals surface area contributed by atoms with E-state index in [4.69, 9.17) is 4.74 Å². The summed E-state index contributed by atoms with van der Waals surface area (Å²) in [6.45, 7) is 1.71. The van der Waals surface area contributed by atoms with Crippen LogP contribution in [-0.4, -0.2) is 29.8 Å². The summed E-state index contributed by atoms with van der Waals surface area (Å²) < 4.78 is 9.49. The fourth-order valence-electron chi connectivity index (χ4n) is 1.56. The van der Waals surface area contributed by atoms with Gasteiger partial charge in [0.25, 0.3) is 0 Å². The van der Waals surface area contributed by atoms with Crippen LogP contribution in [0.15, 0.2) is 30.3 Å². The molecule has 1 rings (SSSR count). The number of hydrogen-bond acceptors (Lipinski definition) is 5. The average molecular weight is 266 g/mol. The van der Waals surface area contributed by atoms with Crippen LogP contribution in [0.1, 0.15) is 25.3 Å². The highest BCUT2D eigenvalue weighted by atomic mass is 16.5. The van der Waals surface area contributed by atoms with Crippen LogP contribution in [0.5, 0.6) is 0 Å². The van der Waals surface area contributed by atoms with Crippen LogP contribution in [0, 0.1) is 0 Å². The molecule has 0 aromatic heterocycles. The Morgan fingerprint density at radius 1 is 1.26 bits per heavy atom. The van der Waals surface area contributed by atoms with Gasteiger partial charge in [-0.25, -0.2) is 4.79 Å². The first-order valence-electron chi connectivity index (χ1n) is 6.02. The third-order valence-corrected chi connectivity index (χ3v) is 2.83. The molecule has 0 aliphatic carbocycles. The molecule has 0 unspecified atom stereocenters. The molecule has 104 valence electrons. The van der Waals surface area contributed by atoms with E-state index >= 15 is 0 Å². The second-order valence-electron chi connectivity index (χ2n) is 4.20. The molecular formula is C14H18O5. The van der Waals surface area contributed by atoms with E-state index in [1.165, 1.54) is 0 Å². The molecule has 0 saturated heterocycles. The molecule has 0 bridgehead atoms. The van der Waals surface area contributed by atoms with E-state index in [9.17, 15) is 14.7 Å². The monoisotopic (exact) mass is 266 g/mol. The van der Waals surface area contributed by atoms with Crippen molar-refractivity contribution in [3.05, 3.63) is 35.9 Å². The Morgan fingerprint density at radius 2 is 1.89 bits per heavy atom. The van der Waals surface area contributed by atoms with Gasteiger partial charge in [0.1, 0.15) is 6.61 Å². The second-order valence-corrected chi connectivity index (χ2v) is 4.20. The van der Waals surface area contributed by atoms with Crippen molar-refractivity contribution in [2.75, 3.05) is 7.11 Å². The Labute approximate surface area is 112 Å². The maximum atomic E-state index is 11.6. The highest BCUT2D eigenvalue weighted by molar-refractivity contribution is 5.85. The Hall–Kier alpha value is -1.88. The van der Waals surface area contributed by atoms with Gasteiger partial charge in [-0.2, -0.15) is 0 Å². The van der Waals surface area contributed by atoms with Gasteiger partial charge in [0.2, 0.25) is 0 Å². The summed E-state index contributed by atoms with van der Waals surface area (Å²) >= 11 is 0. The van der Waals surface area contributed by atoms with Gasteiger partial charge in [-0.05, 0) is 12.0 Å². The normalized spacial score (nSPS) is 13.4. The lowest BCUT2D eigenvalue weighted by molar-refractivity contribution is -0.170. The number of rotatable bonds is 6. The van der Waals surface area contributed by atoms with Crippen molar-refractivity contribution in [3.8, 4) is 0 Å². The summed E-state index contributed by atoms with van der Waals surface area (Å²) in [6, 6.07) is 9.16. The largest absolute Gasteiger partial charge is 0.467 e. The maximum Gasteiger partial charge on any atom is 0.338 e. The van der Waals surface area contributed by atoms with Crippen molar-refractivity contribution in [1.82, 2.24) is 0 Å². The van der Waals surface area contributed by atoms with Gasteiger partial charge in [0, 0.05) is 0 Å². The lowest BCUT2D eigenvalue weighted by Gasteiger charge is -2.22. The van der Waals surface area contributed by atoms with Crippen molar-refractivity contribution in [2.45, 2.75) is 32.0 Å². The van der Waals surface area contributed by atoms with Gasteiger partial charge < -0.3 is 14.6 Å². The molecule has 1 aromatic rings. The predicted molar refractivity (Wildman–Crippen MR) is 68.1 cm³/mol. The molecule has 5 nitrogen and oxygen atoms in total.